The summed E-state index contributed by atoms with van der Waals surface area (Å²) in [5.74, 6) is -0.711. The second-order valence-electron chi connectivity index (χ2n) is 4.34. The van der Waals surface area contributed by atoms with Gasteiger partial charge in [0.2, 0.25) is 0 Å². The van der Waals surface area contributed by atoms with Crippen LogP contribution in [0.4, 0.5) is 0 Å². The summed E-state index contributed by atoms with van der Waals surface area (Å²) in [5, 5.41) is 0.886. The number of benzene rings is 1. The number of nitrogens with zero attached hydrogens (tertiary/aromatic N) is 1. The molecule has 4 heteroatoms. The number of imide groups is 1. The minimum atomic E-state index is -0.355. The summed E-state index contributed by atoms with van der Waals surface area (Å²) in [6.07, 6.45) is 4.21. The molecule has 4 nitrogen and oxygen atoms in total. The van der Waals surface area contributed by atoms with Crippen molar-refractivity contribution in [1.29, 1.82) is 0 Å². The SMILES string of the molecule is CCCCCCON1C(=O)c2ccccc2C1=O. The van der Waals surface area contributed by atoms with Gasteiger partial charge in [-0.05, 0) is 18.6 Å². The second kappa shape index (κ2) is 5.78. The molecular formula is C14H17NO3. The molecule has 2 amide bonds. The Labute approximate surface area is 106 Å². The smallest absolute Gasteiger partial charge is 0.266 e. The molecule has 2 rings (SSSR count). The van der Waals surface area contributed by atoms with Gasteiger partial charge in [0.1, 0.15) is 0 Å². The van der Waals surface area contributed by atoms with E-state index in [0.29, 0.717) is 17.7 Å². The normalized spacial score (nSPS) is 14.2. The fraction of sp³-hybridized carbons (Fsp3) is 0.429. The van der Waals surface area contributed by atoms with Gasteiger partial charge in [0.05, 0.1) is 17.7 Å². The highest BCUT2D eigenvalue weighted by Crippen LogP contribution is 2.22. The van der Waals surface area contributed by atoms with E-state index in [4.69, 9.17) is 4.84 Å². The first-order valence-electron chi connectivity index (χ1n) is 6.36. The number of carbonyl (C=O) groups excluding carboxylic acids is 2. The van der Waals surface area contributed by atoms with Crippen molar-refractivity contribution in [3.8, 4) is 0 Å². The van der Waals surface area contributed by atoms with Crippen LogP contribution in [0.5, 0.6) is 0 Å². The molecule has 0 N–H and O–H groups in total. The molecule has 0 aromatic heterocycles. The van der Waals surface area contributed by atoms with Gasteiger partial charge in [-0.3, -0.25) is 14.4 Å². The lowest BCUT2D eigenvalue weighted by atomic mass is 10.1. The summed E-state index contributed by atoms with van der Waals surface area (Å²) in [4.78, 5) is 29.1. The minimum absolute atomic E-state index is 0.355. The number of hydrogen-bond donors (Lipinski definition) is 0. The molecule has 0 saturated heterocycles. The number of fused-ring (bicyclic) bond motifs is 1. The molecule has 1 aliphatic rings. The van der Waals surface area contributed by atoms with Crippen LogP contribution in [-0.2, 0) is 4.84 Å². The summed E-state index contributed by atoms with van der Waals surface area (Å²) in [6, 6.07) is 6.79. The zero-order chi connectivity index (χ0) is 13.0. The third-order valence-corrected chi connectivity index (χ3v) is 2.98. The summed E-state index contributed by atoms with van der Waals surface area (Å²) < 4.78 is 0. The third kappa shape index (κ3) is 2.43. The van der Waals surface area contributed by atoms with Gasteiger partial charge in [-0.15, -0.1) is 5.06 Å². The number of unbranched alkanes of at least 4 members (excludes halogenated alkanes) is 3. The van der Waals surface area contributed by atoms with E-state index in [-0.39, 0.29) is 11.8 Å². The maximum atomic E-state index is 11.9. The quantitative estimate of drug-likeness (QED) is 0.573. The van der Waals surface area contributed by atoms with Gasteiger partial charge < -0.3 is 0 Å². The molecule has 1 heterocycles. The largest absolute Gasteiger partial charge is 0.285 e. The number of hydroxylamine groups is 2. The molecule has 0 spiro atoms. The molecule has 0 atom stereocenters. The number of carbonyl (C=O) groups is 2. The predicted octanol–water partition coefficient (Wildman–Crippen LogP) is 2.79. The summed E-state index contributed by atoms with van der Waals surface area (Å²) in [7, 11) is 0. The molecule has 1 aromatic carbocycles. The highest BCUT2D eigenvalue weighted by atomic mass is 16.7. The average molecular weight is 247 g/mol. The standard InChI is InChI=1S/C14H17NO3/c1-2-3-4-7-10-18-15-13(16)11-8-5-6-9-12(11)14(15)17/h5-6,8-9H,2-4,7,10H2,1H3. The van der Waals surface area contributed by atoms with Gasteiger partial charge in [0.25, 0.3) is 11.8 Å². The van der Waals surface area contributed by atoms with E-state index in [1.165, 1.54) is 0 Å². The molecule has 0 saturated carbocycles. The van der Waals surface area contributed by atoms with Crippen molar-refractivity contribution in [3.05, 3.63) is 35.4 Å². The van der Waals surface area contributed by atoms with Crippen LogP contribution in [0, 0.1) is 0 Å². The van der Waals surface area contributed by atoms with Crippen LogP contribution >= 0.6 is 0 Å². The van der Waals surface area contributed by atoms with Gasteiger partial charge in [-0.2, -0.15) is 0 Å². The van der Waals surface area contributed by atoms with Crippen LogP contribution in [0.15, 0.2) is 24.3 Å². The first-order valence-corrected chi connectivity index (χ1v) is 6.36. The fourth-order valence-electron chi connectivity index (χ4n) is 1.97. The molecular weight excluding hydrogens is 230 g/mol. The van der Waals surface area contributed by atoms with Gasteiger partial charge in [-0.1, -0.05) is 38.3 Å². The Morgan fingerprint density at radius 1 is 1.00 bits per heavy atom. The van der Waals surface area contributed by atoms with Gasteiger partial charge in [0.15, 0.2) is 0 Å². The van der Waals surface area contributed by atoms with Crippen molar-refractivity contribution in [1.82, 2.24) is 5.06 Å². The van der Waals surface area contributed by atoms with Crippen LogP contribution in [0.25, 0.3) is 0 Å². The zero-order valence-electron chi connectivity index (χ0n) is 10.5. The van der Waals surface area contributed by atoms with Gasteiger partial charge >= 0.3 is 0 Å². The molecule has 0 unspecified atom stereocenters. The highest BCUT2D eigenvalue weighted by Gasteiger charge is 2.36. The van der Waals surface area contributed by atoms with Crippen molar-refractivity contribution in [3.63, 3.8) is 0 Å². The number of rotatable bonds is 6. The van der Waals surface area contributed by atoms with Crippen LogP contribution in [-0.4, -0.2) is 23.5 Å². The Balaban J connectivity index is 1.93. The number of amides is 2. The monoisotopic (exact) mass is 247 g/mol. The van der Waals surface area contributed by atoms with Crippen molar-refractivity contribution >= 4 is 11.8 Å². The summed E-state index contributed by atoms with van der Waals surface area (Å²) in [5.41, 5.74) is 0.854. The van der Waals surface area contributed by atoms with E-state index in [1.54, 1.807) is 24.3 Å². The van der Waals surface area contributed by atoms with Crippen LogP contribution in [0.2, 0.25) is 0 Å². The van der Waals surface area contributed by atoms with Crippen molar-refractivity contribution in [2.24, 2.45) is 0 Å². The third-order valence-electron chi connectivity index (χ3n) is 2.98. The fourth-order valence-corrected chi connectivity index (χ4v) is 1.97. The van der Waals surface area contributed by atoms with Gasteiger partial charge in [0, 0.05) is 0 Å². The molecule has 0 aliphatic carbocycles. The van der Waals surface area contributed by atoms with E-state index >= 15 is 0 Å². The van der Waals surface area contributed by atoms with E-state index in [0.717, 1.165) is 30.7 Å². The maximum Gasteiger partial charge on any atom is 0.285 e. The summed E-state index contributed by atoms with van der Waals surface area (Å²) >= 11 is 0. The molecule has 1 aliphatic heterocycles. The number of hydrogen-bond acceptors (Lipinski definition) is 3. The summed E-state index contributed by atoms with van der Waals surface area (Å²) in [6.45, 7) is 2.54. The lowest BCUT2D eigenvalue weighted by Gasteiger charge is -2.12. The molecule has 1 aromatic rings. The topological polar surface area (TPSA) is 46.6 Å². The van der Waals surface area contributed by atoms with Crippen molar-refractivity contribution in [2.75, 3.05) is 6.61 Å². The van der Waals surface area contributed by atoms with Crippen LogP contribution in [0.3, 0.4) is 0 Å². The molecule has 0 fully saturated rings. The molecule has 0 radical (unpaired) electrons. The van der Waals surface area contributed by atoms with E-state index in [2.05, 4.69) is 6.92 Å². The van der Waals surface area contributed by atoms with Crippen LogP contribution in [0.1, 0.15) is 53.3 Å². The first kappa shape index (κ1) is 12.8. The second-order valence-corrected chi connectivity index (χ2v) is 4.34. The molecule has 18 heavy (non-hydrogen) atoms. The Bertz CT molecular complexity index is 421. The Hall–Kier alpha value is -1.68. The van der Waals surface area contributed by atoms with Crippen molar-refractivity contribution < 1.29 is 14.4 Å². The average Bonchev–Trinajstić information content (AvgIpc) is 2.64. The van der Waals surface area contributed by atoms with Gasteiger partial charge in [-0.25, -0.2) is 0 Å². The lowest BCUT2D eigenvalue weighted by Crippen LogP contribution is -2.30. The Morgan fingerprint density at radius 3 is 2.17 bits per heavy atom. The van der Waals surface area contributed by atoms with Crippen molar-refractivity contribution in [2.45, 2.75) is 32.6 Å². The zero-order valence-corrected chi connectivity index (χ0v) is 10.5. The Morgan fingerprint density at radius 2 is 1.61 bits per heavy atom. The predicted molar refractivity (Wildman–Crippen MR) is 67.0 cm³/mol. The van der Waals surface area contributed by atoms with Crippen LogP contribution < -0.4 is 0 Å². The van der Waals surface area contributed by atoms with E-state index < -0.39 is 0 Å². The molecule has 0 bridgehead atoms. The lowest BCUT2D eigenvalue weighted by molar-refractivity contribution is -0.0922. The minimum Gasteiger partial charge on any atom is -0.266 e. The maximum absolute atomic E-state index is 11.9. The van der Waals surface area contributed by atoms with E-state index in [1.807, 2.05) is 0 Å². The molecule has 96 valence electrons. The first-order chi connectivity index (χ1) is 8.75. The highest BCUT2D eigenvalue weighted by molar-refractivity contribution is 6.20. The Kier molecular flexibility index (Phi) is 4.10. The van der Waals surface area contributed by atoms with E-state index in [9.17, 15) is 9.59 Å².